The van der Waals surface area contributed by atoms with E-state index in [0.29, 0.717) is 5.56 Å². The molecule has 0 saturated carbocycles. The van der Waals surface area contributed by atoms with E-state index in [1.165, 1.54) is 30.5 Å². The highest BCUT2D eigenvalue weighted by Crippen LogP contribution is 2.23. The Bertz CT molecular complexity index is 693. The Hall–Kier alpha value is -1.94. The maximum atomic E-state index is 12.5. The zero-order chi connectivity index (χ0) is 17.5. The Labute approximate surface area is 154 Å². The average molecular weight is 355 g/mol. The number of benzene rings is 2. The molecule has 1 saturated heterocycles. The third-order valence-corrected chi connectivity index (χ3v) is 5.46. The van der Waals surface area contributed by atoms with Crippen molar-refractivity contribution in [3.63, 3.8) is 0 Å². The Balaban J connectivity index is 1.64. The van der Waals surface area contributed by atoms with Crippen LogP contribution < -0.4 is 10.2 Å². The highest BCUT2D eigenvalue weighted by atomic mass is 32.2. The Morgan fingerprint density at radius 1 is 1.08 bits per heavy atom. The van der Waals surface area contributed by atoms with Crippen molar-refractivity contribution in [3.8, 4) is 0 Å². The van der Waals surface area contributed by atoms with E-state index >= 15 is 0 Å². The average Bonchev–Trinajstić information content (AvgIpc) is 2.67. The van der Waals surface area contributed by atoms with Gasteiger partial charge in [-0.3, -0.25) is 4.79 Å². The molecular formula is C21H26N2OS. The van der Waals surface area contributed by atoms with Crippen molar-refractivity contribution in [1.82, 2.24) is 0 Å². The molecule has 0 aliphatic carbocycles. The van der Waals surface area contributed by atoms with Crippen LogP contribution in [0.4, 0.5) is 11.4 Å². The number of rotatable bonds is 6. The molecule has 1 fully saturated rings. The Morgan fingerprint density at radius 2 is 1.84 bits per heavy atom. The second-order valence-corrected chi connectivity index (χ2v) is 7.66. The van der Waals surface area contributed by atoms with E-state index in [9.17, 15) is 4.79 Å². The second-order valence-electron chi connectivity index (χ2n) is 6.39. The van der Waals surface area contributed by atoms with Crippen LogP contribution in [-0.4, -0.2) is 24.7 Å². The maximum Gasteiger partial charge on any atom is 0.255 e. The summed E-state index contributed by atoms with van der Waals surface area (Å²) in [5.41, 5.74) is 4.02. The molecular weight excluding hydrogens is 328 g/mol. The number of nitrogens with zero attached hydrogens (tertiary/aromatic N) is 1. The summed E-state index contributed by atoms with van der Waals surface area (Å²) in [6, 6.07) is 16.1. The molecule has 0 spiro atoms. The number of thioether (sulfide) groups is 1. The normalized spacial score (nSPS) is 14.4. The highest BCUT2D eigenvalue weighted by Gasteiger charge is 2.12. The number of nitrogens with one attached hydrogen (secondary N) is 1. The lowest BCUT2D eigenvalue weighted by atomic mass is 10.1. The van der Waals surface area contributed by atoms with Gasteiger partial charge in [0.15, 0.2) is 0 Å². The van der Waals surface area contributed by atoms with Gasteiger partial charge >= 0.3 is 0 Å². The quantitative estimate of drug-likeness (QED) is 0.775. The van der Waals surface area contributed by atoms with Crippen LogP contribution in [0.5, 0.6) is 0 Å². The molecule has 4 heteroatoms. The molecule has 0 atom stereocenters. The molecule has 1 amide bonds. The van der Waals surface area contributed by atoms with Gasteiger partial charge in [-0.25, -0.2) is 0 Å². The predicted octanol–water partition coefficient (Wildman–Crippen LogP) is 5.18. The van der Waals surface area contributed by atoms with Gasteiger partial charge < -0.3 is 10.2 Å². The SMILES string of the molecule is CCSCc1ccc(C(=O)Nc2cccc(N3CCCCC3)c2)cc1. The number of hydrogen-bond donors (Lipinski definition) is 1. The summed E-state index contributed by atoms with van der Waals surface area (Å²) in [5.74, 6) is 2.05. The van der Waals surface area contributed by atoms with E-state index in [-0.39, 0.29) is 5.91 Å². The van der Waals surface area contributed by atoms with Gasteiger partial charge in [-0.15, -0.1) is 0 Å². The molecule has 0 unspecified atom stereocenters. The molecule has 0 bridgehead atoms. The van der Waals surface area contributed by atoms with E-state index in [0.717, 1.165) is 30.3 Å². The van der Waals surface area contributed by atoms with E-state index < -0.39 is 0 Å². The zero-order valence-electron chi connectivity index (χ0n) is 14.8. The summed E-state index contributed by atoms with van der Waals surface area (Å²) in [6.07, 6.45) is 3.82. The molecule has 1 N–H and O–H groups in total. The molecule has 3 rings (SSSR count). The van der Waals surface area contributed by atoms with Crippen molar-refractivity contribution < 1.29 is 4.79 Å². The first-order valence-corrected chi connectivity index (χ1v) is 10.2. The Kier molecular flexibility index (Phi) is 6.40. The van der Waals surface area contributed by atoms with Crippen LogP contribution in [-0.2, 0) is 5.75 Å². The molecule has 25 heavy (non-hydrogen) atoms. The molecule has 2 aromatic carbocycles. The van der Waals surface area contributed by atoms with Crippen molar-refractivity contribution in [2.45, 2.75) is 31.9 Å². The summed E-state index contributed by atoms with van der Waals surface area (Å²) in [7, 11) is 0. The molecule has 1 aliphatic heterocycles. The van der Waals surface area contributed by atoms with Crippen LogP contribution in [0.15, 0.2) is 48.5 Å². The second kappa shape index (κ2) is 8.95. The van der Waals surface area contributed by atoms with Crippen molar-refractivity contribution >= 4 is 29.0 Å². The number of anilines is 2. The molecule has 0 aromatic heterocycles. The van der Waals surface area contributed by atoms with Crippen LogP contribution in [0.2, 0.25) is 0 Å². The maximum absolute atomic E-state index is 12.5. The minimum atomic E-state index is -0.0505. The highest BCUT2D eigenvalue weighted by molar-refractivity contribution is 7.98. The summed E-state index contributed by atoms with van der Waals surface area (Å²) in [5, 5.41) is 3.03. The first-order valence-electron chi connectivity index (χ1n) is 9.09. The molecule has 2 aromatic rings. The van der Waals surface area contributed by atoms with Crippen molar-refractivity contribution in [2.75, 3.05) is 29.1 Å². The third-order valence-electron chi connectivity index (χ3n) is 4.51. The number of piperidine rings is 1. The van der Waals surface area contributed by atoms with E-state index in [1.807, 2.05) is 48.2 Å². The summed E-state index contributed by atoms with van der Waals surface area (Å²) < 4.78 is 0. The fraction of sp³-hybridized carbons (Fsp3) is 0.381. The molecule has 3 nitrogen and oxygen atoms in total. The van der Waals surface area contributed by atoms with Gasteiger partial charge in [-0.05, 0) is 60.9 Å². The van der Waals surface area contributed by atoms with Gasteiger partial charge in [0.1, 0.15) is 0 Å². The van der Waals surface area contributed by atoms with Gasteiger partial charge in [0.05, 0.1) is 0 Å². The van der Waals surface area contributed by atoms with Gasteiger partial charge in [0.2, 0.25) is 0 Å². The smallest absolute Gasteiger partial charge is 0.255 e. The first kappa shape index (κ1) is 17.9. The summed E-state index contributed by atoms with van der Waals surface area (Å²) in [4.78, 5) is 14.9. The minimum absolute atomic E-state index is 0.0505. The van der Waals surface area contributed by atoms with Gasteiger partial charge in [0, 0.05) is 35.8 Å². The number of hydrogen-bond acceptors (Lipinski definition) is 3. The fourth-order valence-electron chi connectivity index (χ4n) is 3.11. The number of carbonyl (C=O) groups excluding carboxylic acids is 1. The standard InChI is InChI=1S/C21H26N2OS/c1-2-25-16-17-9-11-18(12-10-17)21(24)22-19-7-6-8-20(15-19)23-13-4-3-5-14-23/h6-12,15H,2-5,13-14,16H2,1H3,(H,22,24). The van der Waals surface area contributed by atoms with E-state index in [4.69, 9.17) is 0 Å². The van der Waals surface area contributed by atoms with Crippen LogP contribution in [0.3, 0.4) is 0 Å². The van der Waals surface area contributed by atoms with Crippen molar-refractivity contribution in [2.24, 2.45) is 0 Å². The topological polar surface area (TPSA) is 32.3 Å². The molecule has 1 heterocycles. The van der Waals surface area contributed by atoms with Gasteiger partial charge in [0.25, 0.3) is 5.91 Å². The molecule has 132 valence electrons. The van der Waals surface area contributed by atoms with E-state index in [2.05, 4.69) is 29.3 Å². The molecule has 0 radical (unpaired) electrons. The van der Waals surface area contributed by atoms with E-state index in [1.54, 1.807) is 0 Å². The van der Waals surface area contributed by atoms with Crippen molar-refractivity contribution in [3.05, 3.63) is 59.7 Å². The predicted molar refractivity (Wildman–Crippen MR) is 109 cm³/mol. The first-order chi connectivity index (χ1) is 12.3. The largest absolute Gasteiger partial charge is 0.371 e. The Morgan fingerprint density at radius 3 is 2.56 bits per heavy atom. The van der Waals surface area contributed by atoms with Crippen LogP contribution in [0.1, 0.15) is 42.1 Å². The lowest BCUT2D eigenvalue weighted by Gasteiger charge is -2.29. The zero-order valence-corrected chi connectivity index (χ0v) is 15.6. The lowest BCUT2D eigenvalue weighted by Crippen LogP contribution is -2.29. The van der Waals surface area contributed by atoms with Crippen LogP contribution in [0.25, 0.3) is 0 Å². The van der Waals surface area contributed by atoms with Gasteiger partial charge in [-0.2, -0.15) is 11.8 Å². The fourth-order valence-corrected chi connectivity index (χ4v) is 3.74. The van der Waals surface area contributed by atoms with Crippen LogP contribution in [0, 0.1) is 0 Å². The summed E-state index contributed by atoms with van der Waals surface area (Å²) >= 11 is 1.89. The summed E-state index contributed by atoms with van der Waals surface area (Å²) in [6.45, 7) is 4.37. The lowest BCUT2D eigenvalue weighted by molar-refractivity contribution is 0.102. The number of amides is 1. The minimum Gasteiger partial charge on any atom is -0.371 e. The molecule has 1 aliphatic rings. The monoisotopic (exact) mass is 354 g/mol. The van der Waals surface area contributed by atoms with Crippen molar-refractivity contribution in [1.29, 1.82) is 0 Å². The number of carbonyl (C=O) groups is 1. The van der Waals surface area contributed by atoms with Crippen LogP contribution >= 0.6 is 11.8 Å². The van der Waals surface area contributed by atoms with Gasteiger partial charge in [-0.1, -0.05) is 25.1 Å². The third kappa shape index (κ3) is 5.02.